The summed E-state index contributed by atoms with van der Waals surface area (Å²) in [6.07, 6.45) is 19.7. The molecule has 0 saturated heterocycles. The molecule has 0 unspecified atom stereocenters. The highest BCUT2D eigenvalue weighted by atomic mass is 79.9. The molecule has 0 aliphatic carbocycles. The van der Waals surface area contributed by atoms with E-state index in [0.29, 0.717) is 0 Å². The lowest BCUT2D eigenvalue weighted by atomic mass is 10.1. The highest BCUT2D eigenvalue weighted by molar-refractivity contribution is 5.80. The van der Waals surface area contributed by atoms with Crippen molar-refractivity contribution in [3.63, 3.8) is 0 Å². The van der Waals surface area contributed by atoms with Crippen molar-refractivity contribution in [2.75, 3.05) is 0 Å². The molecule has 32 heavy (non-hydrogen) atoms. The van der Waals surface area contributed by atoms with Gasteiger partial charge >= 0.3 is 0 Å². The van der Waals surface area contributed by atoms with E-state index in [-0.39, 0.29) is 34.0 Å². The molecule has 0 amide bonds. The van der Waals surface area contributed by atoms with E-state index in [4.69, 9.17) is 0 Å². The van der Waals surface area contributed by atoms with Gasteiger partial charge in [0.1, 0.15) is 13.1 Å². The second-order valence-corrected chi connectivity index (χ2v) is 8.45. The van der Waals surface area contributed by atoms with Crippen LogP contribution in [0.3, 0.4) is 0 Å². The normalized spacial score (nSPS) is 10.6. The molecule has 2 heterocycles. The Bertz CT molecular complexity index is 994. The highest BCUT2D eigenvalue weighted by Gasteiger charge is 2.04. The number of hydrogen-bond acceptors (Lipinski definition) is 0. The minimum absolute atomic E-state index is 0. The third-order valence-corrected chi connectivity index (χ3v) is 6.08. The second kappa shape index (κ2) is 14.4. The maximum absolute atomic E-state index is 2.34. The number of halogens is 2. The fourth-order valence-corrected chi connectivity index (χ4v) is 4.28. The molecule has 0 N–H and O–H groups in total. The lowest BCUT2D eigenvalue weighted by Gasteiger charge is -2.02. The summed E-state index contributed by atoms with van der Waals surface area (Å²) in [5.74, 6) is 0. The Morgan fingerprint density at radius 3 is 1.16 bits per heavy atom. The van der Waals surface area contributed by atoms with Gasteiger partial charge in [0.25, 0.3) is 0 Å². The van der Waals surface area contributed by atoms with Crippen LogP contribution in [0.5, 0.6) is 0 Å². The Balaban J connectivity index is 0.00000181. The molecule has 2 nitrogen and oxygen atoms in total. The molecule has 0 aliphatic heterocycles. The lowest BCUT2D eigenvalue weighted by molar-refractivity contribution is -0.696. The van der Waals surface area contributed by atoms with Crippen molar-refractivity contribution in [1.29, 1.82) is 0 Å². The van der Waals surface area contributed by atoms with Crippen LogP contribution >= 0.6 is 0 Å². The van der Waals surface area contributed by atoms with E-state index in [1.807, 2.05) is 0 Å². The average Bonchev–Trinajstić information content (AvgIpc) is 2.80. The van der Waals surface area contributed by atoms with Crippen LogP contribution in [0.2, 0.25) is 0 Å². The summed E-state index contributed by atoms with van der Waals surface area (Å²) in [4.78, 5) is 0. The summed E-state index contributed by atoms with van der Waals surface area (Å²) in [7, 11) is 0. The number of hydrogen-bond donors (Lipinski definition) is 0. The second-order valence-electron chi connectivity index (χ2n) is 8.45. The van der Waals surface area contributed by atoms with Gasteiger partial charge in [-0.2, -0.15) is 0 Å². The zero-order valence-electron chi connectivity index (χ0n) is 18.8. The first-order chi connectivity index (χ1) is 14.9. The maximum Gasteiger partial charge on any atom is 0.176 e. The smallest absolute Gasteiger partial charge is 0.176 e. The van der Waals surface area contributed by atoms with Gasteiger partial charge in [-0.25, -0.2) is 9.13 Å². The van der Waals surface area contributed by atoms with E-state index in [1.165, 1.54) is 72.9 Å². The Hall–Kier alpha value is -1.78. The number of pyridine rings is 2. The van der Waals surface area contributed by atoms with Crippen LogP contribution in [0, 0.1) is 0 Å². The summed E-state index contributed by atoms with van der Waals surface area (Å²) < 4.78 is 4.68. The number of aryl methyl sites for hydroxylation is 2. The third-order valence-electron chi connectivity index (χ3n) is 6.08. The van der Waals surface area contributed by atoms with Gasteiger partial charge in [0, 0.05) is 35.7 Å². The Kier molecular flexibility index (Phi) is 11.9. The van der Waals surface area contributed by atoms with Crippen molar-refractivity contribution in [2.24, 2.45) is 0 Å². The van der Waals surface area contributed by atoms with E-state index in [9.17, 15) is 0 Å². The fourth-order valence-electron chi connectivity index (χ4n) is 4.28. The molecule has 4 aromatic rings. The van der Waals surface area contributed by atoms with Crippen molar-refractivity contribution >= 4 is 21.5 Å². The minimum Gasteiger partial charge on any atom is -1.00 e. The third kappa shape index (κ3) is 7.97. The minimum atomic E-state index is 0. The topological polar surface area (TPSA) is 7.76 Å². The molecule has 2 aromatic carbocycles. The van der Waals surface area contributed by atoms with E-state index >= 15 is 0 Å². The largest absolute Gasteiger partial charge is 1.00 e. The molecule has 4 heteroatoms. The standard InChI is InChI=1S/C28H34N2.2BrH/c1(3-5-11-19-29-21-17-25-13-7-9-15-27(25)23-29)2-4-6-12-20-30-22-18-26-14-8-10-16-28(26)24-30;;/h7-10,13-18,21-24H,1-6,11-12,19-20H2;2*1H/q+2;;/p-2. The summed E-state index contributed by atoms with van der Waals surface area (Å²) in [5, 5.41) is 5.32. The van der Waals surface area contributed by atoms with Gasteiger partial charge in [0.05, 0.1) is 0 Å². The summed E-state index contributed by atoms with van der Waals surface area (Å²) in [6, 6.07) is 21.7. The molecule has 0 saturated carbocycles. The first kappa shape index (κ1) is 26.5. The van der Waals surface area contributed by atoms with E-state index in [0.717, 1.165) is 13.1 Å². The Morgan fingerprint density at radius 1 is 0.406 bits per heavy atom. The van der Waals surface area contributed by atoms with Gasteiger partial charge in [0.2, 0.25) is 0 Å². The molecule has 2 aromatic heterocycles. The molecular formula is C28H34Br2N2. The molecule has 0 bridgehead atoms. The maximum atomic E-state index is 2.34. The molecule has 170 valence electrons. The van der Waals surface area contributed by atoms with Gasteiger partial charge < -0.3 is 34.0 Å². The van der Waals surface area contributed by atoms with Crippen molar-refractivity contribution < 1.29 is 43.1 Å². The number of unbranched alkanes of at least 4 members (excludes halogenated alkanes) is 7. The molecule has 0 radical (unpaired) electrons. The van der Waals surface area contributed by atoms with Crippen LogP contribution in [0.25, 0.3) is 21.5 Å². The van der Waals surface area contributed by atoms with Crippen molar-refractivity contribution in [1.82, 2.24) is 0 Å². The molecule has 0 fully saturated rings. The van der Waals surface area contributed by atoms with Crippen LogP contribution in [0.1, 0.15) is 51.4 Å². The quantitative estimate of drug-likeness (QED) is 0.186. The van der Waals surface area contributed by atoms with Crippen molar-refractivity contribution in [3.8, 4) is 0 Å². The molecule has 0 atom stereocenters. The monoisotopic (exact) mass is 556 g/mol. The average molecular weight is 558 g/mol. The van der Waals surface area contributed by atoms with Gasteiger partial charge in [-0.1, -0.05) is 62.1 Å². The zero-order valence-corrected chi connectivity index (χ0v) is 22.0. The Labute approximate surface area is 213 Å². The molecule has 0 aliphatic rings. The first-order valence-electron chi connectivity index (χ1n) is 11.6. The zero-order chi connectivity index (χ0) is 20.4. The van der Waals surface area contributed by atoms with Crippen LogP contribution < -0.4 is 43.1 Å². The van der Waals surface area contributed by atoms with Gasteiger partial charge in [-0.3, -0.25) is 0 Å². The van der Waals surface area contributed by atoms with Crippen LogP contribution in [-0.2, 0) is 13.1 Å². The van der Waals surface area contributed by atoms with Crippen molar-refractivity contribution in [3.05, 3.63) is 85.5 Å². The van der Waals surface area contributed by atoms with Gasteiger partial charge in [0.15, 0.2) is 24.8 Å². The van der Waals surface area contributed by atoms with Crippen LogP contribution in [0.4, 0.5) is 0 Å². The van der Waals surface area contributed by atoms with Crippen molar-refractivity contribution in [2.45, 2.75) is 64.5 Å². The van der Waals surface area contributed by atoms with E-state index in [1.54, 1.807) is 0 Å². The number of benzene rings is 2. The predicted octanol–water partition coefficient (Wildman–Crippen LogP) is 0.397. The van der Waals surface area contributed by atoms with Crippen LogP contribution in [-0.4, -0.2) is 0 Å². The number of fused-ring (bicyclic) bond motifs is 2. The summed E-state index contributed by atoms with van der Waals surface area (Å²) in [6.45, 7) is 2.27. The molecular weight excluding hydrogens is 524 g/mol. The van der Waals surface area contributed by atoms with E-state index in [2.05, 4.69) is 94.6 Å². The predicted molar refractivity (Wildman–Crippen MR) is 125 cm³/mol. The number of rotatable bonds is 11. The number of nitrogens with zero attached hydrogens (tertiary/aromatic N) is 2. The Morgan fingerprint density at radius 2 is 0.750 bits per heavy atom. The van der Waals surface area contributed by atoms with E-state index < -0.39 is 0 Å². The van der Waals surface area contributed by atoms with Gasteiger partial charge in [-0.15, -0.1) is 0 Å². The first-order valence-corrected chi connectivity index (χ1v) is 11.6. The summed E-state index contributed by atoms with van der Waals surface area (Å²) >= 11 is 0. The van der Waals surface area contributed by atoms with Crippen LogP contribution in [0.15, 0.2) is 85.5 Å². The highest BCUT2D eigenvalue weighted by Crippen LogP contribution is 2.12. The number of aromatic nitrogens is 2. The lowest BCUT2D eigenvalue weighted by Crippen LogP contribution is -3.00. The fraction of sp³-hybridized carbons (Fsp3) is 0.357. The molecule has 0 spiro atoms. The summed E-state index contributed by atoms with van der Waals surface area (Å²) in [5.41, 5.74) is 0. The SMILES string of the molecule is [Br-].[Br-].c1ccc2c[n+](CCCCCCCCCC[n+]3ccc4ccccc4c3)ccc2c1. The van der Waals surface area contributed by atoms with Gasteiger partial charge in [-0.05, 0) is 35.7 Å². The molecule has 4 rings (SSSR count).